The van der Waals surface area contributed by atoms with Crippen molar-refractivity contribution in [3.63, 3.8) is 0 Å². The van der Waals surface area contributed by atoms with Crippen molar-refractivity contribution in [3.8, 4) is 5.75 Å². The number of aliphatic carboxylic acids is 1. The Morgan fingerprint density at radius 1 is 0.970 bits per heavy atom. The molecule has 0 aliphatic heterocycles. The molecule has 0 aliphatic rings. The van der Waals surface area contributed by atoms with E-state index in [9.17, 15) is 14.7 Å². The fourth-order valence-electron chi connectivity index (χ4n) is 3.81. The highest BCUT2D eigenvalue weighted by Crippen LogP contribution is 2.24. The third-order valence-corrected chi connectivity index (χ3v) is 5.43. The first-order valence-electron chi connectivity index (χ1n) is 11.7. The lowest BCUT2D eigenvalue weighted by Crippen LogP contribution is -2.31. The summed E-state index contributed by atoms with van der Waals surface area (Å²) in [5, 5.41) is 14.6. The van der Waals surface area contributed by atoms with Crippen LogP contribution in [0, 0.1) is 5.92 Å². The van der Waals surface area contributed by atoms with Gasteiger partial charge in [-0.1, -0.05) is 81.8 Å². The predicted octanol–water partition coefficient (Wildman–Crippen LogP) is 6.17. The van der Waals surface area contributed by atoms with Crippen LogP contribution in [0.25, 0.3) is 10.8 Å². The van der Waals surface area contributed by atoms with E-state index < -0.39 is 5.97 Å². The third-order valence-electron chi connectivity index (χ3n) is 5.43. The van der Waals surface area contributed by atoms with Gasteiger partial charge in [-0.15, -0.1) is 0 Å². The number of amides is 1. The number of ether oxygens (including phenoxy) is 1. The summed E-state index contributed by atoms with van der Waals surface area (Å²) in [5.41, 5.74) is 2.01. The molecule has 0 saturated heterocycles. The normalized spacial score (nSPS) is 12.2. The Morgan fingerprint density at radius 2 is 1.64 bits per heavy atom. The minimum atomic E-state index is -0.765. The van der Waals surface area contributed by atoms with Crippen molar-refractivity contribution < 1.29 is 19.4 Å². The first-order valence-corrected chi connectivity index (χ1v) is 11.7. The van der Waals surface area contributed by atoms with Crippen molar-refractivity contribution in [3.05, 3.63) is 77.9 Å². The molecule has 2 atom stereocenters. The van der Waals surface area contributed by atoms with E-state index in [4.69, 9.17) is 4.74 Å². The van der Waals surface area contributed by atoms with Gasteiger partial charge in [0.05, 0.1) is 12.0 Å². The second-order valence-electron chi connectivity index (χ2n) is 7.82. The van der Waals surface area contributed by atoms with Crippen LogP contribution in [0.15, 0.2) is 66.7 Å². The van der Waals surface area contributed by atoms with Gasteiger partial charge in [-0.25, -0.2) is 0 Å². The van der Waals surface area contributed by atoms with Crippen LogP contribution >= 0.6 is 0 Å². The summed E-state index contributed by atoms with van der Waals surface area (Å²) in [6.07, 6.45) is 1.99. The van der Waals surface area contributed by atoms with E-state index in [-0.39, 0.29) is 24.5 Å². The fourth-order valence-corrected chi connectivity index (χ4v) is 3.81. The highest BCUT2D eigenvalue weighted by molar-refractivity contribution is 5.87. The van der Waals surface area contributed by atoms with Gasteiger partial charge in [0.25, 0.3) is 5.91 Å². The molecule has 1 unspecified atom stereocenters. The number of fused-ring (bicyclic) bond motifs is 1. The highest BCUT2D eigenvalue weighted by Gasteiger charge is 2.17. The van der Waals surface area contributed by atoms with Gasteiger partial charge < -0.3 is 15.2 Å². The molecule has 3 aromatic carbocycles. The molecule has 5 nitrogen and oxygen atoms in total. The lowest BCUT2D eigenvalue weighted by molar-refractivity contribution is -0.142. The Balaban J connectivity index is 0.00000187. The minimum Gasteiger partial charge on any atom is -0.484 e. The molecule has 0 radical (unpaired) electrons. The Hall–Kier alpha value is -3.34. The maximum absolute atomic E-state index is 12.4. The second-order valence-corrected chi connectivity index (χ2v) is 7.82. The molecule has 0 aromatic heterocycles. The Labute approximate surface area is 196 Å². The number of hydrogen-bond acceptors (Lipinski definition) is 3. The Morgan fingerprint density at radius 3 is 2.30 bits per heavy atom. The Kier molecular flexibility index (Phi) is 10.4. The molecule has 2 N–H and O–H groups in total. The van der Waals surface area contributed by atoms with Crippen molar-refractivity contribution in [2.45, 2.75) is 53.0 Å². The molecule has 0 spiro atoms. The van der Waals surface area contributed by atoms with E-state index in [1.54, 1.807) is 12.1 Å². The number of carbonyl (C=O) groups is 2. The average Bonchev–Trinajstić information content (AvgIpc) is 2.84. The molecule has 0 aliphatic carbocycles. The zero-order chi connectivity index (χ0) is 24.2. The standard InChI is InChI=1S/C26H29NO4.C2H6/c1-3-7-21(26(29)30)16-19-12-14-22(15-13-19)31-17-25(28)27-18(2)23-11-6-9-20-8-4-5-10-24(20)23;1-2/h4-6,8-15,18,21H,3,7,16-17H2,1-2H3,(H,27,28)(H,29,30);1-2H3/t18?,21-;/m0./s1. The van der Waals surface area contributed by atoms with E-state index in [2.05, 4.69) is 23.5 Å². The number of carboxylic acid groups (broad SMARTS) is 1. The van der Waals surface area contributed by atoms with Crippen molar-refractivity contribution >= 4 is 22.6 Å². The molecule has 1 amide bonds. The molecule has 0 fully saturated rings. The number of rotatable bonds is 10. The smallest absolute Gasteiger partial charge is 0.306 e. The molecule has 176 valence electrons. The summed E-state index contributed by atoms with van der Waals surface area (Å²) in [5.74, 6) is -0.755. The summed E-state index contributed by atoms with van der Waals surface area (Å²) >= 11 is 0. The van der Waals surface area contributed by atoms with Crippen LogP contribution in [0.4, 0.5) is 0 Å². The molecule has 3 aromatic rings. The monoisotopic (exact) mass is 449 g/mol. The summed E-state index contributed by atoms with van der Waals surface area (Å²) < 4.78 is 5.62. The first kappa shape index (κ1) is 25.9. The zero-order valence-corrected chi connectivity index (χ0v) is 20.0. The van der Waals surface area contributed by atoms with Crippen molar-refractivity contribution in [1.29, 1.82) is 0 Å². The van der Waals surface area contributed by atoms with E-state index in [1.807, 2.05) is 64.1 Å². The van der Waals surface area contributed by atoms with E-state index in [0.29, 0.717) is 18.6 Å². The van der Waals surface area contributed by atoms with Gasteiger partial charge in [-0.2, -0.15) is 0 Å². The SMILES string of the molecule is CC.CCC[C@@H](Cc1ccc(OCC(=O)NC(C)c2cccc3ccccc23)cc1)C(=O)O. The lowest BCUT2D eigenvalue weighted by Gasteiger charge is -2.17. The summed E-state index contributed by atoms with van der Waals surface area (Å²) in [6.45, 7) is 7.87. The topological polar surface area (TPSA) is 75.6 Å². The van der Waals surface area contributed by atoms with E-state index >= 15 is 0 Å². The largest absolute Gasteiger partial charge is 0.484 e. The van der Waals surface area contributed by atoms with Gasteiger partial charge in [0.15, 0.2) is 6.61 Å². The van der Waals surface area contributed by atoms with E-state index in [0.717, 1.165) is 28.3 Å². The van der Waals surface area contributed by atoms with Gasteiger partial charge in [0.1, 0.15) is 5.75 Å². The number of carbonyl (C=O) groups excluding carboxylic acids is 1. The average molecular weight is 450 g/mol. The maximum Gasteiger partial charge on any atom is 0.306 e. The lowest BCUT2D eigenvalue weighted by atomic mass is 9.95. The van der Waals surface area contributed by atoms with E-state index in [1.165, 1.54) is 0 Å². The molecule has 5 heteroatoms. The van der Waals surface area contributed by atoms with Crippen molar-refractivity contribution in [2.75, 3.05) is 6.61 Å². The van der Waals surface area contributed by atoms with Gasteiger partial charge in [0.2, 0.25) is 0 Å². The molecule has 0 saturated carbocycles. The van der Waals surface area contributed by atoms with Crippen molar-refractivity contribution in [1.82, 2.24) is 5.32 Å². The number of hydrogen-bond donors (Lipinski definition) is 2. The van der Waals surface area contributed by atoms with Crippen LogP contribution < -0.4 is 10.1 Å². The summed E-state index contributed by atoms with van der Waals surface area (Å²) in [7, 11) is 0. The zero-order valence-electron chi connectivity index (χ0n) is 20.0. The number of carboxylic acids is 1. The number of nitrogens with one attached hydrogen (secondary N) is 1. The third kappa shape index (κ3) is 7.63. The van der Waals surface area contributed by atoms with Crippen LogP contribution in [0.3, 0.4) is 0 Å². The number of benzene rings is 3. The minimum absolute atomic E-state index is 0.0813. The van der Waals surface area contributed by atoms with Crippen molar-refractivity contribution in [2.24, 2.45) is 5.92 Å². The van der Waals surface area contributed by atoms with Crippen LogP contribution in [0.1, 0.15) is 57.7 Å². The van der Waals surface area contributed by atoms with Crippen LogP contribution in [0.2, 0.25) is 0 Å². The molecular weight excluding hydrogens is 414 g/mol. The molecule has 3 rings (SSSR count). The Bertz CT molecular complexity index is 1020. The van der Waals surface area contributed by atoms with Gasteiger partial charge in [-0.05, 0) is 53.8 Å². The quantitative estimate of drug-likeness (QED) is 0.388. The maximum atomic E-state index is 12.4. The fraction of sp³-hybridized carbons (Fsp3) is 0.357. The molecule has 0 bridgehead atoms. The summed E-state index contributed by atoms with van der Waals surface area (Å²) in [6, 6.07) is 21.3. The van der Waals surface area contributed by atoms with Gasteiger partial charge in [0, 0.05) is 0 Å². The van der Waals surface area contributed by atoms with Gasteiger partial charge >= 0.3 is 5.97 Å². The van der Waals surface area contributed by atoms with Gasteiger partial charge in [-0.3, -0.25) is 9.59 Å². The van der Waals surface area contributed by atoms with Crippen LogP contribution in [0.5, 0.6) is 5.75 Å². The highest BCUT2D eigenvalue weighted by atomic mass is 16.5. The summed E-state index contributed by atoms with van der Waals surface area (Å²) in [4.78, 5) is 23.7. The first-order chi connectivity index (χ1) is 16.0. The molecule has 33 heavy (non-hydrogen) atoms. The predicted molar refractivity (Wildman–Crippen MR) is 134 cm³/mol. The molecule has 0 heterocycles. The second kappa shape index (κ2) is 13.3. The molecular formula is C28H35NO4. The van der Waals surface area contributed by atoms with Crippen LogP contribution in [-0.2, 0) is 16.0 Å². The van der Waals surface area contributed by atoms with Crippen LogP contribution in [-0.4, -0.2) is 23.6 Å².